The molecule has 0 aliphatic heterocycles. The van der Waals surface area contributed by atoms with E-state index in [1.54, 1.807) is 17.7 Å². The molecule has 0 atom stereocenters. The van der Waals surface area contributed by atoms with Crippen LogP contribution in [0.15, 0.2) is 71.8 Å². The molecule has 2 fully saturated rings. The van der Waals surface area contributed by atoms with E-state index in [-0.39, 0.29) is 29.5 Å². The van der Waals surface area contributed by atoms with Gasteiger partial charge in [0.1, 0.15) is 5.75 Å². The van der Waals surface area contributed by atoms with Gasteiger partial charge in [-0.1, -0.05) is 42.5 Å². The molecule has 0 bridgehead atoms. The number of aryl methyl sites for hydroxylation is 1. The van der Waals surface area contributed by atoms with Crippen LogP contribution in [0.2, 0.25) is 0 Å². The number of rotatable bonds is 7. The Hall–Kier alpha value is -3.87. The summed E-state index contributed by atoms with van der Waals surface area (Å²) >= 11 is 0. The van der Waals surface area contributed by atoms with Crippen LogP contribution in [-0.4, -0.2) is 32.4 Å². The van der Waals surface area contributed by atoms with Crippen molar-refractivity contribution in [1.82, 2.24) is 19.7 Å². The first-order valence-electron chi connectivity index (χ1n) is 13.2. The van der Waals surface area contributed by atoms with E-state index in [0.29, 0.717) is 12.3 Å². The highest BCUT2D eigenvalue weighted by molar-refractivity contribution is 5.85. The van der Waals surface area contributed by atoms with Crippen LogP contribution in [0.1, 0.15) is 44.1 Å². The summed E-state index contributed by atoms with van der Waals surface area (Å²) in [6.45, 7) is 0.685. The topological polar surface area (TPSA) is 78.2 Å². The van der Waals surface area contributed by atoms with Gasteiger partial charge in [-0.15, -0.1) is 0 Å². The molecule has 7 heteroatoms. The van der Waals surface area contributed by atoms with Gasteiger partial charge in [0, 0.05) is 42.2 Å². The summed E-state index contributed by atoms with van der Waals surface area (Å²) in [6, 6.07) is 18.4. The highest BCUT2D eigenvalue weighted by atomic mass is 16.5. The van der Waals surface area contributed by atoms with E-state index in [2.05, 4.69) is 40.7 Å². The maximum atomic E-state index is 12.6. The Labute approximate surface area is 216 Å². The molecule has 0 radical (unpaired) electrons. The summed E-state index contributed by atoms with van der Waals surface area (Å²) in [5.74, 6) is 1.06. The van der Waals surface area contributed by atoms with Crippen molar-refractivity contribution in [3.05, 3.63) is 82.9 Å². The predicted octanol–water partition coefficient (Wildman–Crippen LogP) is 4.67. The van der Waals surface area contributed by atoms with Gasteiger partial charge < -0.3 is 14.6 Å². The van der Waals surface area contributed by atoms with Crippen molar-refractivity contribution in [2.24, 2.45) is 13.0 Å². The van der Waals surface area contributed by atoms with Crippen LogP contribution >= 0.6 is 0 Å². The summed E-state index contributed by atoms with van der Waals surface area (Å²) in [5.41, 5.74) is 4.00. The minimum absolute atomic E-state index is 0.0206. The molecule has 4 aromatic rings. The van der Waals surface area contributed by atoms with Crippen molar-refractivity contribution >= 4 is 16.8 Å². The zero-order chi connectivity index (χ0) is 25.4. The molecule has 6 rings (SSSR count). The van der Waals surface area contributed by atoms with Gasteiger partial charge in [-0.05, 0) is 55.7 Å². The molecule has 2 heterocycles. The van der Waals surface area contributed by atoms with Gasteiger partial charge >= 0.3 is 0 Å². The van der Waals surface area contributed by atoms with Crippen LogP contribution < -0.4 is 15.6 Å². The Morgan fingerprint density at radius 3 is 2.57 bits per heavy atom. The molecule has 1 N–H and O–H groups in total. The SMILES string of the molecule is Cn1cc(-c2ccc3cnn(Cc4ccccc4)c3c2)c(OC2CCC(NC(=O)C3CC3)CC2)cc1=O. The quantitative estimate of drug-likeness (QED) is 0.404. The number of benzene rings is 2. The molecule has 0 unspecified atom stereocenters. The van der Waals surface area contributed by atoms with Crippen LogP contribution in [0.5, 0.6) is 5.75 Å². The number of nitrogens with one attached hydrogen (secondary N) is 1. The third-order valence-corrected chi connectivity index (χ3v) is 7.58. The Bertz CT molecular complexity index is 1480. The van der Waals surface area contributed by atoms with E-state index in [9.17, 15) is 9.59 Å². The lowest BCUT2D eigenvalue weighted by Gasteiger charge is -2.30. The van der Waals surface area contributed by atoms with Gasteiger partial charge in [0.15, 0.2) is 0 Å². The standard InChI is InChI=1S/C30H32N4O3/c1-33-19-26(22-9-10-23-17-31-34(27(23)15-22)18-20-5-3-2-4-6-20)28(16-29(33)35)37-25-13-11-24(12-14-25)32-30(36)21-7-8-21/h2-6,9-10,15-17,19,21,24-25H,7-8,11-14,18H2,1H3,(H,32,36). The van der Waals surface area contributed by atoms with Crippen molar-refractivity contribution in [3.63, 3.8) is 0 Å². The summed E-state index contributed by atoms with van der Waals surface area (Å²) < 4.78 is 10.1. The van der Waals surface area contributed by atoms with Gasteiger partial charge in [-0.2, -0.15) is 5.10 Å². The Morgan fingerprint density at radius 1 is 1.03 bits per heavy atom. The summed E-state index contributed by atoms with van der Waals surface area (Å²) in [5, 5.41) is 8.88. The lowest BCUT2D eigenvalue weighted by Crippen LogP contribution is -2.40. The van der Waals surface area contributed by atoms with E-state index in [4.69, 9.17) is 4.74 Å². The number of fused-ring (bicyclic) bond motifs is 1. The van der Waals surface area contributed by atoms with Crippen LogP contribution in [0.25, 0.3) is 22.0 Å². The van der Waals surface area contributed by atoms with Crippen molar-refractivity contribution in [2.45, 2.75) is 57.2 Å². The highest BCUT2D eigenvalue weighted by Crippen LogP contribution is 2.34. The highest BCUT2D eigenvalue weighted by Gasteiger charge is 2.32. The summed E-state index contributed by atoms with van der Waals surface area (Å²) in [6.07, 6.45) is 9.32. The van der Waals surface area contributed by atoms with E-state index < -0.39 is 0 Å². The summed E-state index contributed by atoms with van der Waals surface area (Å²) in [4.78, 5) is 24.7. The minimum atomic E-state index is -0.0978. The van der Waals surface area contributed by atoms with Crippen molar-refractivity contribution in [2.75, 3.05) is 0 Å². The third-order valence-electron chi connectivity index (χ3n) is 7.58. The number of carbonyl (C=O) groups is 1. The third kappa shape index (κ3) is 5.17. The molecule has 2 aromatic heterocycles. The average molecular weight is 497 g/mol. The number of pyridine rings is 1. The van der Waals surface area contributed by atoms with Gasteiger partial charge in [0.25, 0.3) is 5.56 Å². The summed E-state index contributed by atoms with van der Waals surface area (Å²) in [7, 11) is 1.77. The van der Waals surface area contributed by atoms with Crippen LogP contribution in [0.4, 0.5) is 0 Å². The molecule has 190 valence electrons. The van der Waals surface area contributed by atoms with Gasteiger partial charge in [-0.3, -0.25) is 14.3 Å². The molecule has 0 saturated heterocycles. The fraction of sp³-hybridized carbons (Fsp3) is 0.367. The minimum Gasteiger partial charge on any atom is -0.490 e. The first kappa shape index (κ1) is 23.5. The maximum Gasteiger partial charge on any atom is 0.254 e. The smallest absolute Gasteiger partial charge is 0.254 e. The monoisotopic (exact) mass is 496 g/mol. The van der Waals surface area contributed by atoms with Crippen LogP contribution in [0.3, 0.4) is 0 Å². The number of amides is 1. The molecule has 7 nitrogen and oxygen atoms in total. The van der Waals surface area contributed by atoms with Gasteiger partial charge in [0.2, 0.25) is 5.91 Å². The number of hydrogen-bond acceptors (Lipinski definition) is 4. The van der Waals surface area contributed by atoms with Crippen molar-refractivity contribution in [1.29, 1.82) is 0 Å². The first-order valence-corrected chi connectivity index (χ1v) is 13.2. The van der Waals surface area contributed by atoms with Crippen LogP contribution in [0, 0.1) is 5.92 Å². The first-order chi connectivity index (χ1) is 18.0. The molecule has 0 spiro atoms. The zero-order valence-electron chi connectivity index (χ0n) is 21.1. The molecule has 2 aromatic carbocycles. The normalized spacial score (nSPS) is 19.6. The predicted molar refractivity (Wildman–Crippen MR) is 143 cm³/mol. The number of hydrogen-bond donors (Lipinski definition) is 1. The molecular formula is C30H32N4O3. The molecule has 2 aliphatic rings. The Morgan fingerprint density at radius 2 is 1.81 bits per heavy atom. The fourth-order valence-electron chi connectivity index (χ4n) is 5.22. The maximum absolute atomic E-state index is 12.6. The number of nitrogens with zero attached hydrogens (tertiary/aromatic N) is 3. The van der Waals surface area contributed by atoms with Crippen molar-refractivity contribution < 1.29 is 9.53 Å². The van der Waals surface area contributed by atoms with Crippen LogP contribution in [-0.2, 0) is 18.4 Å². The van der Waals surface area contributed by atoms with Gasteiger partial charge in [0.05, 0.1) is 24.4 Å². The zero-order valence-corrected chi connectivity index (χ0v) is 21.1. The average Bonchev–Trinajstić information content (AvgIpc) is 3.70. The van der Waals surface area contributed by atoms with E-state index >= 15 is 0 Å². The lowest BCUT2D eigenvalue weighted by molar-refractivity contribution is -0.123. The van der Waals surface area contributed by atoms with E-state index in [1.165, 1.54) is 5.56 Å². The molecule has 2 saturated carbocycles. The molecule has 2 aliphatic carbocycles. The van der Waals surface area contributed by atoms with Crippen molar-refractivity contribution in [3.8, 4) is 16.9 Å². The van der Waals surface area contributed by atoms with E-state index in [0.717, 1.165) is 60.6 Å². The molecule has 1 amide bonds. The van der Waals surface area contributed by atoms with Gasteiger partial charge in [-0.25, -0.2) is 0 Å². The molecule has 37 heavy (non-hydrogen) atoms. The number of carbonyl (C=O) groups excluding carboxylic acids is 1. The Kier molecular flexibility index (Phi) is 6.28. The van der Waals surface area contributed by atoms with E-state index in [1.807, 2.05) is 35.3 Å². The molecular weight excluding hydrogens is 464 g/mol. The fourth-order valence-corrected chi connectivity index (χ4v) is 5.22. The number of aromatic nitrogens is 3. The second-order valence-corrected chi connectivity index (χ2v) is 10.4. The largest absolute Gasteiger partial charge is 0.490 e. The lowest BCUT2D eigenvalue weighted by atomic mass is 9.92. The second kappa shape index (κ2) is 9.88. The Balaban J connectivity index is 1.24. The number of ether oxygens (including phenoxy) is 1. The second-order valence-electron chi connectivity index (χ2n) is 10.4.